The van der Waals surface area contributed by atoms with Crippen LogP contribution in [0.5, 0.6) is 0 Å². The summed E-state index contributed by atoms with van der Waals surface area (Å²) in [6, 6.07) is 0. The van der Waals surface area contributed by atoms with E-state index in [0.717, 1.165) is 22.0 Å². The fourth-order valence-corrected chi connectivity index (χ4v) is 1.82. The van der Waals surface area contributed by atoms with E-state index in [2.05, 4.69) is 22.5 Å². The molecule has 5 nitrogen and oxygen atoms in total. The average Bonchev–Trinajstić information content (AvgIpc) is 2.41. The summed E-state index contributed by atoms with van der Waals surface area (Å²) in [6.45, 7) is 3.72. The number of hydrogen-bond donors (Lipinski definition) is 4. The van der Waals surface area contributed by atoms with Crippen LogP contribution in [0, 0.1) is 0 Å². The number of hydrogen-bond acceptors (Lipinski definition) is 5. The van der Waals surface area contributed by atoms with Crippen LogP contribution in [0.2, 0.25) is 0 Å². The van der Waals surface area contributed by atoms with E-state index in [1.807, 2.05) is 0 Å². The van der Waals surface area contributed by atoms with E-state index >= 15 is 0 Å². The van der Waals surface area contributed by atoms with Crippen LogP contribution in [-0.2, 0) is 4.79 Å². The first-order valence-corrected chi connectivity index (χ1v) is 4.33. The van der Waals surface area contributed by atoms with Crippen LogP contribution < -0.4 is 16.0 Å². The van der Waals surface area contributed by atoms with Gasteiger partial charge in [0.05, 0.1) is 11.1 Å². The van der Waals surface area contributed by atoms with Crippen LogP contribution in [0.25, 0.3) is 0 Å². The number of carbonyl (C=O) groups is 1. The fourth-order valence-electron chi connectivity index (χ4n) is 1.06. The van der Waals surface area contributed by atoms with E-state index in [0.29, 0.717) is 5.82 Å². The largest absolute Gasteiger partial charge is 0.478 e. The lowest BCUT2D eigenvalue weighted by molar-refractivity contribution is -0.131. The van der Waals surface area contributed by atoms with Crippen molar-refractivity contribution >= 4 is 17.7 Å². The molecule has 0 atom stereocenters. The molecule has 0 unspecified atom stereocenters. The van der Waals surface area contributed by atoms with Gasteiger partial charge in [-0.1, -0.05) is 18.3 Å². The number of thioether (sulfide) groups is 1. The molecule has 0 aromatic carbocycles. The van der Waals surface area contributed by atoms with E-state index in [4.69, 9.17) is 5.11 Å². The highest BCUT2D eigenvalue weighted by Crippen LogP contribution is 2.32. The standard InChI is InChI=1S/C7H7N3O2S/c1-3-8-6-7(13-3)10-4(9-6)2-5(11)12/h2,8-10H,1H2,(H,11,12)/b4-2-. The SMILES string of the molecule is C=C1NC2=C(N/C(=C\C(=O)O)N2)S1. The van der Waals surface area contributed by atoms with E-state index in [1.165, 1.54) is 11.8 Å². The monoisotopic (exact) mass is 197 g/mol. The maximum Gasteiger partial charge on any atom is 0.331 e. The zero-order valence-electron chi connectivity index (χ0n) is 6.55. The van der Waals surface area contributed by atoms with Crippen LogP contribution in [0.1, 0.15) is 0 Å². The summed E-state index contributed by atoms with van der Waals surface area (Å²) < 4.78 is 0. The highest BCUT2D eigenvalue weighted by Gasteiger charge is 2.25. The van der Waals surface area contributed by atoms with Gasteiger partial charge >= 0.3 is 5.97 Å². The highest BCUT2D eigenvalue weighted by molar-refractivity contribution is 8.06. The number of nitrogens with one attached hydrogen (secondary N) is 3. The normalized spacial score (nSPS) is 22.5. The van der Waals surface area contributed by atoms with Gasteiger partial charge in [-0.05, 0) is 0 Å². The molecule has 4 N–H and O–H groups in total. The van der Waals surface area contributed by atoms with Crippen molar-refractivity contribution in [3.05, 3.63) is 34.4 Å². The summed E-state index contributed by atoms with van der Waals surface area (Å²) in [5, 5.41) is 18.9. The van der Waals surface area contributed by atoms with E-state index < -0.39 is 5.97 Å². The molecule has 68 valence electrons. The summed E-state index contributed by atoms with van der Waals surface area (Å²) in [5.41, 5.74) is 0. The van der Waals surface area contributed by atoms with Gasteiger partial charge in [0, 0.05) is 0 Å². The van der Waals surface area contributed by atoms with Gasteiger partial charge in [-0.3, -0.25) is 0 Å². The van der Waals surface area contributed by atoms with Crippen LogP contribution in [0.3, 0.4) is 0 Å². The predicted molar refractivity (Wildman–Crippen MR) is 48.9 cm³/mol. The molecule has 0 aliphatic carbocycles. The summed E-state index contributed by atoms with van der Waals surface area (Å²) in [7, 11) is 0. The van der Waals surface area contributed by atoms with Crippen molar-refractivity contribution in [2.24, 2.45) is 0 Å². The van der Waals surface area contributed by atoms with E-state index in [1.54, 1.807) is 0 Å². The Morgan fingerprint density at radius 1 is 1.46 bits per heavy atom. The van der Waals surface area contributed by atoms with Gasteiger partial charge < -0.3 is 21.1 Å². The second kappa shape index (κ2) is 2.74. The van der Waals surface area contributed by atoms with Crippen molar-refractivity contribution in [2.45, 2.75) is 0 Å². The molecule has 0 fully saturated rings. The van der Waals surface area contributed by atoms with Crippen molar-refractivity contribution in [3.63, 3.8) is 0 Å². The number of carboxylic acid groups (broad SMARTS) is 1. The molecule has 13 heavy (non-hydrogen) atoms. The second-order valence-corrected chi connectivity index (χ2v) is 3.61. The maximum absolute atomic E-state index is 10.3. The third-order valence-corrected chi connectivity index (χ3v) is 2.35. The minimum atomic E-state index is -0.986. The van der Waals surface area contributed by atoms with Crippen molar-refractivity contribution in [2.75, 3.05) is 0 Å². The van der Waals surface area contributed by atoms with E-state index in [9.17, 15) is 4.79 Å². The van der Waals surface area contributed by atoms with Crippen molar-refractivity contribution in [3.8, 4) is 0 Å². The third-order valence-electron chi connectivity index (χ3n) is 1.49. The number of carboxylic acids is 1. The molecule has 6 heteroatoms. The van der Waals surface area contributed by atoms with Crippen molar-refractivity contribution in [1.82, 2.24) is 16.0 Å². The Kier molecular flexibility index (Phi) is 1.70. The quantitative estimate of drug-likeness (QED) is 0.445. The zero-order valence-corrected chi connectivity index (χ0v) is 7.36. The predicted octanol–water partition coefficient (Wildman–Crippen LogP) is 0.0394. The first-order chi connectivity index (χ1) is 6.15. The van der Waals surface area contributed by atoms with Crippen molar-refractivity contribution in [1.29, 1.82) is 0 Å². The molecule has 2 rings (SSSR count). The molecular formula is C7H7N3O2S. The third kappa shape index (κ3) is 1.48. The first-order valence-electron chi connectivity index (χ1n) is 3.52. The van der Waals surface area contributed by atoms with Gasteiger partial charge in [0.2, 0.25) is 0 Å². The molecule has 0 saturated carbocycles. The maximum atomic E-state index is 10.3. The smallest absolute Gasteiger partial charge is 0.331 e. The lowest BCUT2D eigenvalue weighted by Gasteiger charge is -2.05. The Labute approximate surface area is 78.6 Å². The average molecular weight is 197 g/mol. The molecular weight excluding hydrogens is 190 g/mol. The first kappa shape index (κ1) is 8.06. The number of aliphatic carboxylic acids is 1. The van der Waals surface area contributed by atoms with Gasteiger partial charge in [-0.15, -0.1) is 0 Å². The van der Waals surface area contributed by atoms with Crippen LogP contribution >= 0.6 is 11.8 Å². The molecule has 2 aliphatic rings. The molecule has 0 aromatic heterocycles. The Morgan fingerprint density at radius 3 is 2.85 bits per heavy atom. The van der Waals surface area contributed by atoms with Gasteiger partial charge in [0.25, 0.3) is 0 Å². The molecule has 0 aromatic rings. The Balaban J connectivity index is 2.10. The summed E-state index contributed by atoms with van der Waals surface area (Å²) >= 11 is 1.43. The highest BCUT2D eigenvalue weighted by atomic mass is 32.2. The summed E-state index contributed by atoms with van der Waals surface area (Å²) in [6.07, 6.45) is 1.07. The minimum absolute atomic E-state index is 0.463. The molecule has 0 amide bonds. The molecule has 0 bridgehead atoms. The van der Waals surface area contributed by atoms with Crippen LogP contribution in [0.4, 0.5) is 0 Å². The topological polar surface area (TPSA) is 73.4 Å². The Morgan fingerprint density at radius 2 is 2.23 bits per heavy atom. The van der Waals surface area contributed by atoms with Gasteiger partial charge in [-0.2, -0.15) is 0 Å². The van der Waals surface area contributed by atoms with Gasteiger partial charge in [0.1, 0.15) is 16.7 Å². The van der Waals surface area contributed by atoms with Crippen LogP contribution in [0.15, 0.2) is 34.4 Å². The lowest BCUT2D eigenvalue weighted by atomic mass is 10.5. The van der Waals surface area contributed by atoms with E-state index in [-0.39, 0.29) is 0 Å². The Hall–Kier alpha value is -1.56. The molecule has 2 heterocycles. The van der Waals surface area contributed by atoms with Gasteiger partial charge in [-0.25, -0.2) is 4.79 Å². The number of rotatable bonds is 1. The molecule has 2 aliphatic heterocycles. The minimum Gasteiger partial charge on any atom is -0.478 e. The van der Waals surface area contributed by atoms with Gasteiger partial charge in [0.15, 0.2) is 0 Å². The van der Waals surface area contributed by atoms with Crippen LogP contribution in [-0.4, -0.2) is 11.1 Å². The fraction of sp³-hybridized carbons (Fsp3) is 0. The lowest BCUT2D eigenvalue weighted by Crippen LogP contribution is -2.21. The Bertz CT molecular complexity index is 337. The summed E-state index contributed by atoms with van der Waals surface area (Å²) in [4.78, 5) is 10.3. The molecule has 0 saturated heterocycles. The summed E-state index contributed by atoms with van der Waals surface area (Å²) in [5.74, 6) is 0.243. The zero-order chi connectivity index (χ0) is 9.42. The van der Waals surface area contributed by atoms with Crippen molar-refractivity contribution < 1.29 is 9.90 Å². The molecule has 0 spiro atoms. The molecule has 0 radical (unpaired) electrons. The second-order valence-electron chi connectivity index (χ2n) is 2.50.